The molecule has 1 rings (SSSR count). The van der Waals surface area contributed by atoms with E-state index in [1.54, 1.807) is 43.2 Å². The normalized spacial score (nSPS) is 35.6. The van der Waals surface area contributed by atoms with E-state index in [4.69, 9.17) is 0 Å². The van der Waals surface area contributed by atoms with Crippen molar-refractivity contribution in [2.75, 3.05) is 11.5 Å². The zero-order valence-corrected chi connectivity index (χ0v) is 14.8. The van der Waals surface area contributed by atoms with Crippen molar-refractivity contribution in [1.82, 2.24) is 0 Å². The molecule has 0 amide bonds. The molecule has 0 aliphatic carbocycles. The summed E-state index contributed by atoms with van der Waals surface area (Å²) in [6.45, 7) is 11.9. The van der Waals surface area contributed by atoms with Gasteiger partial charge in [-0.15, -0.1) is 13.2 Å². The van der Waals surface area contributed by atoms with Crippen LogP contribution >= 0.6 is 43.2 Å². The molecule has 1 heterocycles. The second kappa shape index (κ2) is 9.06. The molecule has 1 nitrogen and oxygen atoms in total. The molecule has 1 saturated heterocycles. The van der Waals surface area contributed by atoms with Crippen molar-refractivity contribution in [2.24, 2.45) is 11.8 Å². The quantitative estimate of drug-likeness (QED) is 0.357. The van der Waals surface area contributed by atoms with E-state index < -0.39 is 10.8 Å². The van der Waals surface area contributed by atoms with E-state index in [-0.39, 0.29) is 9.16 Å². The summed E-state index contributed by atoms with van der Waals surface area (Å²) < 4.78 is 13.0. The zero-order valence-electron chi connectivity index (χ0n) is 10.7. The molecule has 0 bridgehead atoms. The SMILES string of the molecule is C=CCSSC1C(C)C(C)C(SSCC=C)S1=O. The highest BCUT2D eigenvalue weighted by Crippen LogP contribution is 2.50. The third-order valence-corrected chi connectivity index (χ3v) is 12.2. The van der Waals surface area contributed by atoms with Gasteiger partial charge in [0.25, 0.3) is 0 Å². The maximum atomic E-state index is 12.5. The fourth-order valence-corrected chi connectivity index (χ4v) is 11.5. The zero-order chi connectivity index (χ0) is 13.5. The molecular formula is C12H20OS5. The summed E-state index contributed by atoms with van der Waals surface area (Å²) in [5.74, 6) is 2.86. The van der Waals surface area contributed by atoms with Crippen molar-refractivity contribution in [3.63, 3.8) is 0 Å². The van der Waals surface area contributed by atoms with Gasteiger partial charge in [0.2, 0.25) is 0 Å². The van der Waals surface area contributed by atoms with E-state index in [9.17, 15) is 4.21 Å². The molecule has 1 aliphatic heterocycles. The molecule has 0 aromatic heterocycles. The smallest absolute Gasteiger partial charge is 0.0945 e. The van der Waals surface area contributed by atoms with Gasteiger partial charge in [0, 0.05) is 22.3 Å². The number of hydrogen-bond donors (Lipinski definition) is 0. The summed E-state index contributed by atoms with van der Waals surface area (Å²) in [5, 5.41) is 0. The maximum Gasteiger partial charge on any atom is 0.0945 e. The largest absolute Gasteiger partial charge is 0.257 e. The number of hydrogen-bond acceptors (Lipinski definition) is 5. The van der Waals surface area contributed by atoms with Crippen LogP contribution in [0.15, 0.2) is 25.3 Å². The minimum absolute atomic E-state index is 0.256. The average molecular weight is 341 g/mol. The van der Waals surface area contributed by atoms with Gasteiger partial charge in [0.05, 0.1) is 9.16 Å². The average Bonchev–Trinajstić information content (AvgIpc) is 2.56. The van der Waals surface area contributed by atoms with Gasteiger partial charge in [-0.25, -0.2) is 0 Å². The van der Waals surface area contributed by atoms with Crippen LogP contribution in [0.3, 0.4) is 0 Å². The summed E-state index contributed by atoms with van der Waals surface area (Å²) in [6.07, 6.45) is 3.80. The van der Waals surface area contributed by atoms with Gasteiger partial charge in [0.15, 0.2) is 0 Å². The maximum absolute atomic E-state index is 12.5. The molecule has 0 saturated carbocycles. The minimum Gasteiger partial charge on any atom is -0.257 e. The van der Waals surface area contributed by atoms with E-state index in [1.807, 2.05) is 12.2 Å². The Morgan fingerprint density at radius 2 is 1.39 bits per heavy atom. The summed E-state index contributed by atoms with van der Waals surface area (Å²) in [4.78, 5) is 0. The van der Waals surface area contributed by atoms with E-state index in [0.29, 0.717) is 11.8 Å². The van der Waals surface area contributed by atoms with Gasteiger partial charge in [-0.3, -0.25) is 4.21 Å². The lowest BCUT2D eigenvalue weighted by Gasteiger charge is -2.15. The van der Waals surface area contributed by atoms with Crippen LogP contribution in [0.5, 0.6) is 0 Å². The fourth-order valence-electron chi connectivity index (χ4n) is 1.61. The van der Waals surface area contributed by atoms with Crippen molar-refractivity contribution >= 4 is 54.0 Å². The van der Waals surface area contributed by atoms with Crippen LogP contribution in [-0.4, -0.2) is 24.9 Å². The molecule has 18 heavy (non-hydrogen) atoms. The fraction of sp³-hybridized carbons (Fsp3) is 0.667. The van der Waals surface area contributed by atoms with E-state index in [1.165, 1.54) is 0 Å². The Balaban J connectivity index is 2.53. The third kappa shape index (κ3) is 4.54. The molecule has 1 fully saturated rings. The second-order valence-corrected chi connectivity index (χ2v) is 11.5. The Kier molecular flexibility index (Phi) is 8.59. The molecule has 0 radical (unpaired) electrons. The van der Waals surface area contributed by atoms with Crippen molar-refractivity contribution in [3.8, 4) is 0 Å². The van der Waals surface area contributed by atoms with Crippen LogP contribution in [0.25, 0.3) is 0 Å². The van der Waals surface area contributed by atoms with Crippen LogP contribution in [-0.2, 0) is 10.8 Å². The van der Waals surface area contributed by atoms with Crippen LogP contribution in [0.2, 0.25) is 0 Å². The highest BCUT2D eigenvalue weighted by atomic mass is 33.1. The Morgan fingerprint density at radius 3 is 1.72 bits per heavy atom. The third-order valence-electron chi connectivity index (χ3n) is 2.84. The van der Waals surface area contributed by atoms with E-state index in [0.717, 1.165) is 11.5 Å². The summed E-state index contributed by atoms with van der Waals surface area (Å²) in [5.41, 5.74) is 0. The predicted octanol–water partition coefficient (Wildman–Crippen LogP) is 4.81. The topological polar surface area (TPSA) is 17.1 Å². The van der Waals surface area contributed by atoms with Crippen LogP contribution in [0.1, 0.15) is 13.8 Å². The van der Waals surface area contributed by atoms with Crippen molar-refractivity contribution in [3.05, 3.63) is 25.3 Å². The first-order valence-corrected chi connectivity index (χ1v) is 11.8. The van der Waals surface area contributed by atoms with Gasteiger partial charge < -0.3 is 0 Å². The first-order chi connectivity index (χ1) is 8.63. The Labute approximate surface area is 129 Å². The molecule has 0 aromatic rings. The van der Waals surface area contributed by atoms with E-state index >= 15 is 0 Å². The Bertz CT molecular complexity index is 279. The molecule has 0 spiro atoms. The summed E-state index contributed by atoms with van der Waals surface area (Å²) in [7, 11) is 6.33. The minimum atomic E-state index is -0.750. The van der Waals surface area contributed by atoms with Crippen molar-refractivity contribution < 1.29 is 4.21 Å². The molecule has 1 aliphatic rings. The molecule has 6 heteroatoms. The first kappa shape index (κ1) is 17.1. The van der Waals surface area contributed by atoms with Crippen LogP contribution in [0, 0.1) is 11.8 Å². The lowest BCUT2D eigenvalue weighted by atomic mass is 10.0. The van der Waals surface area contributed by atoms with Gasteiger partial charge >= 0.3 is 0 Å². The molecular weight excluding hydrogens is 320 g/mol. The molecule has 0 N–H and O–H groups in total. The standard InChI is InChI=1S/C12H20OS5/c1-5-7-14-16-11-9(3)10(4)12(18(11)13)17-15-8-6-2/h5-6,9-12H,1-2,7-8H2,3-4H3. The monoisotopic (exact) mass is 340 g/mol. The lowest BCUT2D eigenvalue weighted by molar-refractivity contribution is 0.470. The van der Waals surface area contributed by atoms with Crippen LogP contribution < -0.4 is 0 Å². The number of rotatable bonds is 8. The van der Waals surface area contributed by atoms with Crippen molar-refractivity contribution in [2.45, 2.75) is 23.0 Å². The van der Waals surface area contributed by atoms with Crippen molar-refractivity contribution in [1.29, 1.82) is 0 Å². The van der Waals surface area contributed by atoms with Gasteiger partial charge in [-0.2, -0.15) is 0 Å². The molecule has 0 aromatic carbocycles. The highest BCUT2D eigenvalue weighted by Gasteiger charge is 2.45. The Hall–Kier alpha value is 1.03. The summed E-state index contributed by atoms with van der Waals surface area (Å²) >= 11 is 0. The molecule has 4 unspecified atom stereocenters. The Morgan fingerprint density at radius 1 is 1.00 bits per heavy atom. The lowest BCUT2D eigenvalue weighted by Crippen LogP contribution is -2.12. The van der Waals surface area contributed by atoms with Gasteiger partial charge in [-0.05, 0) is 11.8 Å². The molecule has 4 atom stereocenters. The van der Waals surface area contributed by atoms with Crippen LogP contribution in [0.4, 0.5) is 0 Å². The predicted molar refractivity (Wildman–Crippen MR) is 94.5 cm³/mol. The van der Waals surface area contributed by atoms with Gasteiger partial charge in [0.1, 0.15) is 0 Å². The second-order valence-electron chi connectivity index (χ2n) is 4.12. The highest BCUT2D eigenvalue weighted by molar-refractivity contribution is 8.79. The molecule has 104 valence electrons. The summed E-state index contributed by atoms with van der Waals surface area (Å²) in [6, 6.07) is 0. The van der Waals surface area contributed by atoms with E-state index in [2.05, 4.69) is 27.0 Å². The first-order valence-electron chi connectivity index (χ1n) is 5.81. The van der Waals surface area contributed by atoms with Gasteiger partial charge in [-0.1, -0.05) is 69.2 Å².